The van der Waals surface area contributed by atoms with Gasteiger partial charge in [0.05, 0.1) is 11.6 Å². The number of hydrogen-bond donors (Lipinski definition) is 1. The number of fused-ring (bicyclic) bond motifs is 1. The van der Waals surface area contributed by atoms with E-state index < -0.39 is 41.3 Å². The number of anilines is 1. The normalized spacial score (nSPS) is 18.1. The van der Waals surface area contributed by atoms with Gasteiger partial charge in [-0.2, -0.15) is 18.2 Å². The molecule has 0 aliphatic heterocycles. The molecule has 1 amide bonds. The van der Waals surface area contributed by atoms with Gasteiger partial charge in [-0.3, -0.25) is 4.79 Å². The first-order valence-electron chi connectivity index (χ1n) is 11.2. The molecule has 1 aliphatic carbocycles. The maximum absolute atomic E-state index is 13.6. The summed E-state index contributed by atoms with van der Waals surface area (Å²) in [6.45, 7) is 1.96. The molecule has 0 bridgehead atoms. The fourth-order valence-corrected chi connectivity index (χ4v) is 4.27. The van der Waals surface area contributed by atoms with Crippen LogP contribution in [0.5, 0.6) is 0 Å². The number of halogens is 5. The molecule has 0 atom stereocenters. The molecular formula is C25H22F5N3O3. The Kier molecular flexibility index (Phi) is 7.09. The highest BCUT2D eigenvalue weighted by Gasteiger charge is 2.45. The van der Waals surface area contributed by atoms with Gasteiger partial charge in [-0.05, 0) is 68.5 Å². The van der Waals surface area contributed by atoms with Crippen LogP contribution >= 0.6 is 0 Å². The molecule has 1 saturated carbocycles. The molecule has 190 valence electrons. The highest BCUT2D eigenvalue weighted by Crippen LogP contribution is 2.29. The molecule has 0 unspecified atom stereocenters. The Morgan fingerprint density at radius 3 is 2.36 bits per heavy atom. The van der Waals surface area contributed by atoms with Gasteiger partial charge in [0.1, 0.15) is 5.82 Å². The fraction of sp³-hybridized carbons (Fsp3) is 0.320. The lowest BCUT2D eigenvalue weighted by Gasteiger charge is -2.35. The number of nitrogens with one attached hydrogen (secondary N) is 1. The van der Waals surface area contributed by atoms with Crippen LogP contribution in [0.4, 0.5) is 27.8 Å². The number of nitrogens with zero attached hydrogens (tertiary/aromatic N) is 2. The summed E-state index contributed by atoms with van der Waals surface area (Å²) in [7, 11) is 0. The molecule has 0 radical (unpaired) electrons. The molecule has 1 aromatic heterocycles. The van der Waals surface area contributed by atoms with Gasteiger partial charge in [0.15, 0.2) is 11.6 Å². The second kappa shape index (κ2) is 10.1. The molecule has 3 aromatic rings. The van der Waals surface area contributed by atoms with Crippen molar-refractivity contribution in [1.82, 2.24) is 10.0 Å². The Morgan fingerprint density at radius 1 is 1.00 bits per heavy atom. The number of pyridine rings is 1. The van der Waals surface area contributed by atoms with E-state index in [1.165, 1.54) is 0 Å². The number of para-hydroxylation sites is 1. The number of benzene rings is 2. The Morgan fingerprint density at radius 2 is 1.69 bits per heavy atom. The number of hydroxylamine groups is 2. The molecule has 2 aromatic carbocycles. The lowest BCUT2D eigenvalue weighted by molar-refractivity contribution is -0.235. The molecule has 1 fully saturated rings. The van der Waals surface area contributed by atoms with Crippen LogP contribution in [-0.4, -0.2) is 40.2 Å². The molecule has 4 rings (SSSR count). The number of rotatable bonds is 4. The van der Waals surface area contributed by atoms with E-state index in [0.29, 0.717) is 35.9 Å². The topological polar surface area (TPSA) is 71.5 Å². The van der Waals surface area contributed by atoms with Gasteiger partial charge in [0.25, 0.3) is 5.91 Å². The lowest BCUT2D eigenvalue weighted by atomic mass is 9.90. The number of carbonyl (C=O) groups is 2. The smallest absolute Gasteiger partial charge is 0.367 e. The average Bonchev–Trinajstić information content (AvgIpc) is 2.84. The van der Waals surface area contributed by atoms with Crippen LogP contribution in [0.2, 0.25) is 0 Å². The van der Waals surface area contributed by atoms with Gasteiger partial charge in [0.2, 0.25) is 0 Å². The van der Waals surface area contributed by atoms with Crippen molar-refractivity contribution in [2.75, 3.05) is 5.32 Å². The molecular weight excluding hydrogens is 485 g/mol. The molecule has 36 heavy (non-hydrogen) atoms. The Balaban J connectivity index is 1.48. The van der Waals surface area contributed by atoms with Gasteiger partial charge in [-0.1, -0.05) is 18.2 Å². The van der Waals surface area contributed by atoms with E-state index >= 15 is 0 Å². The van der Waals surface area contributed by atoms with E-state index in [1.807, 2.05) is 37.3 Å². The number of alkyl halides is 3. The first-order chi connectivity index (χ1) is 17.0. The SMILES string of the molecule is Cc1cc(NC2CCC(N(OC(=O)C(F)(F)F)C(=O)c3ccc(F)c(F)c3)CC2)nc2ccccc12. The number of carbonyl (C=O) groups excluding carboxylic acids is 2. The minimum absolute atomic E-state index is 0.0900. The molecule has 0 saturated heterocycles. The summed E-state index contributed by atoms with van der Waals surface area (Å²) >= 11 is 0. The van der Waals surface area contributed by atoms with E-state index in [4.69, 9.17) is 0 Å². The van der Waals surface area contributed by atoms with E-state index in [0.717, 1.165) is 22.5 Å². The average molecular weight is 507 g/mol. The standard InChI is InChI=1S/C25H22F5N3O3/c1-14-12-22(32-21-5-3-2-4-18(14)21)31-16-7-9-17(10-8-16)33(36-24(35)25(28,29)30)23(34)15-6-11-19(26)20(27)13-15/h2-6,11-13,16-17H,7-10H2,1H3,(H,31,32). The monoisotopic (exact) mass is 507 g/mol. The summed E-state index contributed by atoms with van der Waals surface area (Å²) in [6, 6.07) is 10.7. The van der Waals surface area contributed by atoms with Crippen LogP contribution in [0.1, 0.15) is 41.6 Å². The van der Waals surface area contributed by atoms with Crippen LogP contribution in [0.25, 0.3) is 10.9 Å². The summed E-state index contributed by atoms with van der Waals surface area (Å²) < 4.78 is 65.5. The van der Waals surface area contributed by atoms with Crippen molar-refractivity contribution in [2.24, 2.45) is 0 Å². The van der Waals surface area contributed by atoms with Gasteiger partial charge in [-0.15, -0.1) is 0 Å². The fourth-order valence-electron chi connectivity index (χ4n) is 4.27. The maximum atomic E-state index is 13.6. The molecule has 6 nitrogen and oxygen atoms in total. The van der Waals surface area contributed by atoms with Crippen LogP contribution in [0, 0.1) is 18.6 Å². The van der Waals surface area contributed by atoms with Crippen molar-refractivity contribution in [1.29, 1.82) is 0 Å². The van der Waals surface area contributed by atoms with Gasteiger partial charge in [-0.25, -0.2) is 18.6 Å². The third-order valence-electron chi connectivity index (χ3n) is 6.08. The summed E-state index contributed by atoms with van der Waals surface area (Å²) in [5.74, 6) is -5.68. The summed E-state index contributed by atoms with van der Waals surface area (Å²) in [5, 5.41) is 4.67. The van der Waals surface area contributed by atoms with Crippen molar-refractivity contribution < 1.29 is 36.4 Å². The first kappa shape index (κ1) is 25.3. The van der Waals surface area contributed by atoms with Crippen molar-refractivity contribution in [3.8, 4) is 0 Å². The second-order valence-corrected chi connectivity index (χ2v) is 8.63. The highest BCUT2D eigenvalue weighted by atomic mass is 19.4. The maximum Gasteiger partial charge on any atom is 0.493 e. The summed E-state index contributed by atoms with van der Waals surface area (Å²) in [5.41, 5.74) is 1.40. The number of hydrogen-bond acceptors (Lipinski definition) is 5. The first-order valence-corrected chi connectivity index (χ1v) is 11.2. The highest BCUT2D eigenvalue weighted by molar-refractivity contribution is 5.94. The number of aromatic nitrogens is 1. The molecule has 1 heterocycles. The zero-order valence-electron chi connectivity index (χ0n) is 19.1. The predicted octanol–water partition coefficient (Wildman–Crippen LogP) is 5.71. The van der Waals surface area contributed by atoms with Crippen molar-refractivity contribution >= 4 is 28.6 Å². The Labute approximate surface area is 203 Å². The third kappa shape index (κ3) is 5.55. The van der Waals surface area contributed by atoms with E-state index in [9.17, 15) is 31.5 Å². The third-order valence-corrected chi connectivity index (χ3v) is 6.08. The van der Waals surface area contributed by atoms with E-state index in [2.05, 4.69) is 15.1 Å². The van der Waals surface area contributed by atoms with Crippen molar-refractivity contribution in [3.05, 3.63) is 71.3 Å². The molecule has 1 aliphatic rings. The van der Waals surface area contributed by atoms with E-state index in [1.54, 1.807) is 0 Å². The minimum Gasteiger partial charge on any atom is -0.367 e. The van der Waals surface area contributed by atoms with Crippen LogP contribution in [0.3, 0.4) is 0 Å². The Bertz CT molecular complexity index is 1290. The number of aryl methyl sites for hydroxylation is 1. The van der Waals surface area contributed by atoms with Crippen molar-refractivity contribution in [2.45, 2.75) is 50.9 Å². The predicted molar refractivity (Wildman–Crippen MR) is 121 cm³/mol. The quantitative estimate of drug-likeness (QED) is 0.362. The van der Waals surface area contributed by atoms with Gasteiger partial charge in [0, 0.05) is 17.0 Å². The molecule has 11 heteroatoms. The Hall–Kier alpha value is -3.76. The largest absolute Gasteiger partial charge is 0.493 e. The zero-order chi connectivity index (χ0) is 26.0. The van der Waals surface area contributed by atoms with Gasteiger partial charge >= 0.3 is 12.1 Å². The van der Waals surface area contributed by atoms with Crippen molar-refractivity contribution in [3.63, 3.8) is 0 Å². The van der Waals surface area contributed by atoms with Gasteiger partial charge < -0.3 is 10.2 Å². The van der Waals surface area contributed by atoms with Crippen LogP contribution < -0.4 is 5.32 Å². The van der Waals surface area contributed by atoms with E-state index in [-0.39, 0.29) is 18.9 Å². The zero-order valence-corrected chi connectivity index (χ0v) is 19.1. The molecule has 0 spiro atoms. The number of amides is 1. The molecule has 1 N–H and O–H groups in total. The summed E-state index contributed by atoms with van der Waals surface area (Å²) in [6.07, 6.45) is -4.08. The summed E-state index contributed by atoms with van der Waals surface area (Å²) in [4.78, 5) is 33.4. The minimum atomic E-state index is -5.34. The van der Waals surface area contributed by atoms with Crippen LogP contribution in [-0.2, 0) is 9.63 Å². The second-order valence-electron chi connectivity index (χ2n) is 8.63. The lowest BCUT2D eigenvalue weighted by Crippen LogP contribution is -2.47. The van der Waals surface area contributed by atoms with Crippen LogP contribution in [0.15, 0.2) is 48.5 Å².